The first kappa shape index (κ1) is 22.5. The third-order valence-electron chi connectivity index (χ3n) is 5.61. The van der Waals surface area contributed by atoms with Gasteiger partial charge in [-0.3, -0.25) is 0 Å². The molecule has 0 amide bonds. The third-order valence-corrected chi connectivity index (χ3v) is 5.61. The van der Waals surface area contributed by atoms with Crippen molar-refractivity contribution in [2.45, 2.75) is 32.7 Å². The topological polar surface area (TPSA) is 69.9 Å². The summed E-state index contributed by atoms with van der Waals surface area (Å²) in [5, 5.41) is 3.43. The molecule has 2 aromatic heterocycles. The number of fused-ring (bicyclic) bond motifs is 1. The Bertz CT molecular complexity index is 1230. The van der Waals surface area contributed by atoms with E-state index in [-0.39, 0.29) is 5.41 Å². The summed E-state index contributed by atoms with van der Waals surface area (Å²) in [4.78, 5) is 9.36. The molecular weight excluding hydrogens is 416 g/mol. The van der Waals surface area contributed by atoms with Gasteiger partial charge in [-0.1, -0.05) is 45.0 Å². The van der Waals surface area contributed by atoms with Gasteiger partial charge in [0.2, 0.25) is 5.75 Å². The summed E-state index contributed by atoms with van der Waals surface area (Å²) < 4.78 is 18.4. The Labute approximate surface area is 194 Å². The molecule has 0 radical (unpaired) electrons. The van der Waals surface area contributed by atoms with Gasteiger partial charge in [-0.25, -0.2) is 9.97 Å². The van der Waals surface area contributed by atoms with Crippen LogP contribution in [0.4, 0.5) is 5.82 Å². The Balaban J connectivity index is 1.66. The first-order valence-electron chi connectivity index (χ1n) is 10.8. The average molecular weight is 447 g/mol. The average Bonchev–Trinajstić information content (AvgIpc) is 3.30. The van der Waals surface area contributed by atoms with E-state index in [4.69, 9.17) is 19.2 Å². The molecule has 0 saturated carbocycles. The Morgan fingerprint density at radius 3 is 2.18 bits per heavy atom. The highest BCUT2D eigenvalue weighted by Crippen LogP contribution is 2.38. The van der Waals surface area contributed by atoms with E-state index in [0.717, 1.165) is 22.5 Å². The van der Waals surface area contributed by atoms with Gasteiger partial charge < -0.3 is 23.9 Å². The second kappa shape index (κ2) is 9.02. The van der Waals surface area contributed by atoms with Crippen LogP contribution in [0.5, 0.6) is 17.2 Å². The zero-order chi connectivity index (χ0) is 23.6. The number of ether oxygens (including phenoxy) is 3. The van der Waals surface area contributed by atoms with E-state index in [0.29, 0.717) is 29.6 Å². The highest BCUT2D eigenvalue weighted by Gasteiger charge is 2.16. The van der Waals surface area contributed by atoms with Crippen LogP contribution in [-0.2, 0) is 12.0 Å². The molecule has 33 heavy (non-hydrogen) atoms. The second-order valence-electron chi connectivity index (χ2n) is 8.85. The monoisotopic (exact) mass is 446 g/mol. The van der Waals surface area contributed by atoms with Gasteiger partial charge in [0.1, 0.15) is 0 Å². The number of aromatic nitrogens is 3. The SMILES string of the molecule is COc1cc(CNc2nc(-c3ccc(C(C)(C)C)cc3)cn3ccnc23)cc(OC)c1OC. The number of rotatable bonds is 7. The lowest BCUT2D eigenvalue weighted by atomic mass is 9.86. The van der Waals surface area contributed by atoms with Gasteiger partial charge in [-0.2, -0.15) is 0 Å². The van der Waals surface area contributed by atoms with Crippen LogP contribution >= 0.6 is 0 Å². The number of methoxy groups -OCH3 is 3. The summed E-state index contributed by atoms with van der Waals surface area (Å²) in [7, 11) is 4.81. The van der Waals surface area contributed by atoms with Gasteiger partial charge in [0, 0.05) is 30.7 Å². The maximum absolute atomic E-state index is 5.47. The van der Waals surface area contributed by atoms with Gasteiger partial charge in [0.15, 0.2) is 23.0 Å². The number of hydrogen-bond donors (Lipinski definition) is 1. The van der Waals surface area contributed by atoms with Crippen LogP contribution in [0.1, 0.15) is 31.9 Å². The van der Waals surface area contributed by atoms with Crippen molar-refractivity contribution in [3.8, 4) is 28.5 Å². The number of anilines is 1. The number of imidazole rings is 1. The Hall–Kier alpha value is -3.74. The fourth-order valence-electron chi connectivity index (χ4n) is 3.75. The smallest absolute Gasteiger partial charge is 0.203 e. The number of hydrogen-bond acceptors (Lipinski definition) is 6. The Morgan fingerprint density at radius 2 is 1.61 bits per heavy atom. The zero-order valence-electron chi connectivity index (χ0n) is 20.0. The molecule has 2 heterocycles. The van der Waals surface area contributed by atoms with Crippen molar-refractivity contribution in [2.75, 3.05) is 26.6 Å². The van der Waals surface area contributed by atoms with Crippen LogP contribution in [0.15, 0.2) is 55.0 Å². The van der Waals surface area contributed by atoms with Crippen molar-refractivity contribution < 1.29 is 14.2 Å². The van der Waals surface area contributed by atoms with E-state index in [2.05, 4.69) is 55.3 Å². The first-order valence-corrected chi connectivity index (χ1v) is 10.8. The van der Waals surface area contributed by atoms with Crippen LogP contribution in [0.2, 0.25) is 0 Å². The molecule has 4 rings (SSSR count). The van der Waals surface area contributed by atoms with Crippen LogP contribution in [0, 0.1) is 0 Å². The molecule has 0 spiro atoms. The molecule has 0 bridgehead atoms. The summed E-state index contributed by atoms with van der Waals surface area (Å²) >= 11 is 0. The lowest BCUT2D eigenvalue weighted by Gasteiger charge is -2.19. The minimum atomic E-state index is 0.105. The molecule has 2 aromatic carbocycles. The van der Waals surface area contributed by atoms with E-state index in [9.17, 15) is 0 Å². The van der Waals surface area contributed by atoms with Crippen molar-refractivity contribution in [3.05, 3.63) is 66.1 Å². The molecule has 4 aromatic rings. The fraction of sp³-hybridized carbons (Fsp3) is 0.308. The Kier molecular flexibility index (Phi) is 6.14. The standard InChI is InChI=1S/C26H30N4O3/c1-26(2,3)19-9-7-18(8-10-19)20-16-30-12-11-27-25(30)24(29-20)28-15-17-13-21(31-4)23(33-6)22(14-17)32-5/h7-14,16H,15H2,1-6H3,(H,28,29). The molecule has 0 aliphatic rings. The van der Waals surface area contributed by atoms with Crippen LogP contribution < -0.4 is 19.5 Å². The number of nitrogens with zero attached hydrogens (tertiary/aromatic N) is 3. The predicted octanol–water partition coefficient (Wildman–Crippen LogP) is 5.33. The fourth-order valence-corrected chi connectivity index (χ4v) is 3.75. The summed E-state index contributed by atoms with van der Waals surface area (Å²) in [6.45, 7) is 7.15. The summed E-state index contributed by atoms with van der Waals surface area (Å²) in [6.07, 6.45) is 5.70. The highest BCUT2D eigenvalue weighted by atomic mass is 16.5. The Morgan fingerprint density at radius 1 is 0.939 bits per heavy atom. The van der Waals surface area contributed by atoms with Gasteiger partial charge in [-0.05, 0) is 28.7 Å². The van der Waals surface area contributed by atoms with E-state index >= 15 is 0 Å². The molecule has 0 fully saturated rings. The normalized spacial score (nSPS) is 11.5. The van der Waals surface area contributed by atoms with Crippen molar-refractivity contribution in [1.82, 2.24) is 14.4 Å². The predicted molar refractivity (Wildman–Crippen MR) is 131 cm³/mol. The van der Waals surface area contributed by atoms with Crippen LogP contribution in [0.3, 0.4) is 0 Å². The summed E-state index contributed by atoms with van der Waals surface area (Å²) in [6, 6.07) is 12.4. The largest absolute Gasteiger partial charge is 0.493 e. The maximum Gasteiger partial charge on any atom is 0.203 e. The molecule has 0 aliphatic carbocycles. The molecule has 0 unspecified atom stereocenters. The van der Waals surface area contributed by atoms with Crippen molar-refractivity contribution >= 4 is 11.5 Å². The minimum Gasteiger partial charge on any atom is -0.493 e. The second-order valence-corrected chi connectivity index (χ2v) is 8.85. The van der Waals surface area contributed by atoms with Gasteiger partial charge in [-0.15, -0.1) is 0 Å². The van der Waals surface area contributed by atoms with Gasteiger partial charge in [0.05, 0.1) is 27.0 Å². The van der Waals surface area contributed by atoms with Crippen LogP contribution in [-0.4, -0.2) is 35.7 Å². The molecule has 7 heteroatoms. The number of benzene rings is 2. The summed E-state index contributed by atoms with van der Waals surface area (Å²) in [5.74, 6) is 2.49. The van der Waals surface area contributed by atoms with Crippen LogP contribution in [0.25, 0.3) is 16.9 Å². The van der Waals surface area contributed by atoms with Gasteiger partial charge in [0.25, 0.3) is 0 Å². The molecule has 172 valence electrons. The van der Waals surface area contributed by atoms with E-state index in [1.165, 1.54) is 5.56 Å². The summed E-state index contributed by atoms with van der Waals surface area (Å²) in [5.41, 5.74) is 5.04. The quantitative estimate of drug-likeness (QED) is 0.414. The lowest BCUT2D eigenvalue weighted by molar-refractivity contribution is 0.324. The van der Waals surface area contributed by atoms with E-state index in [1.54, 1.807) is 27.5 Å². The first-order chi connectivity index (χ1) is 15.8. The third kappa shape index (κ3) is 4.58. The molecule has 0 atom stereocenters. The minimum absolute atomic E-state index is 0.105. The molecule has 1 N–H and O–H groups in total. The molecule has 7 nitrogen and oxygen atoms in total. The van der Waals surface area contributed by atoms with E-state index in [1.807, 2.05) is 28.9 Å². The van der Waals surface area contributed by atoms with Crippen molar-refractivity contribution in [3.63, 3.8) is 0 Å². The lowest BCUT2D eigenvalue weighted by Crippen LogP contribution is -2.10. The van der Waals surface area contributed by atoms with Crippen molar-refractivity contribution in [2.24, 2.45) is 0 Å². The van der Waals surface area contributed by atoms with E-state index < -0.39 is 0 Å². The number of nitrogens with one attached hydrogen (secondary N) is 1. The molecule has 0 saturated heterocycles. The maximum atomic E-state index is 5.47. The zero-order valence-corrected chi connectivity index (χ0v) is 20.0. The highest BCUT2D eigenvalue weighted by molar-refractivity contribution is 5.69. The molecular formula is C26H30N4O3. The molecule has 0 aliphatic heterocycles. The van der Waals surface area contributed by atoms with Gasteiger partial charge >= 0.3 is 0 Å². The van der Waals surface area contributed by atoms with Crippen molar-refractivity contribution in [1.29, 1.82) is 0 Å².